The lowest BCUT2D eigenvalue weighted by molar-refractivity contribution is -0.142. The van der Waals surface area contributed by atoms with Crippen LogP contribution in [0.25, 0.3) is 0 Å². The summed E-state index contributed by atoms with van der Waals surface area (Å²) in [5, 5.41) is 5.53. The summed E-state index contributed by atoms with van der Waals surface area (Å²) >= 11 is 0. The lowest BCUT2D eigenvalue weighted by Crippen LogP contribution is -2.53. The number of ether oxygens (including phenoxy) is 5. The maximum Gasteiger partial charge on any atom is 0.408 e. The number of alkyl carbamates (subject to hydrolysis) is 1. The molecule has 2 saturated heterocycles. The molecule has 0 spiro atoms. The molecule has 1 aromatic heterocycles. The highest BCUT2D eigenvalue weighted by atomic mass is 16.6. The molecule has 0 bridgehead atoms. The zero-order valence-corrected chi connectivity index (χ0v) is 26.6. The number of aromatic nitrogens is 1. The molecule has 4 heterocycles. The van der Waals surface area contributed by atoms with Crippen molar-refractivity contribution >= 4 is 23.6 Å². The Kier molecular flexibility index (Phi) is 10.4. The third kappa shape index (κ3) is 8.21. The van der Waals surface area contributed by atoms with Crippen LogP contribution in [0.1, 0.15) is 22.5 Å². The smallest absolute Gasteiger partial charge is 0.408 e. The number of morpholine rings is 1. The van der Waals surface area contributed by atoms with Gasteiger partial charge in [0.1, 0.15) is 48.8 Å². The van der Waals surface area contributed by atoms with Crippen LogP contribution in [0.5, 0.6) is 17.2 Å². The number of nitrogens with one attached hydrogen (secondary N) is 2. The van der Waals surface area contributed by atoms with E-state index in [9.17, 15) is 14.4 Å². The molecule has 250 valence electrons. The Morgan fingerprint density at radius 1 is 1.04 bits per heavy atom. The molecule has 1 unspecified atom stereocenters. The third-order valence-electron chi connectivity index (χ3n) is 8.02. The third-order valence-corrected chi connectivity index (χ3v) is 8.02. The van der Waals surface area contributed by atoms with Gasteiger partial charge in [-0.15, -0.1) is 0 Å². The minimum atomic E-state index is -1.06. The predicted molar refractivity (Wildman–Crippen MR) is 174 cm³/mol. The van der Waals surface area contributed by atoms with Crippen LogP contribution >= 0.6 is 0 Å². The number of likely N-dealkylation sites (N-methyl/N-ethyl adjacent to an activating group) is 1. The maximum atomic E-state index is 13.4. The zero-order chi connectivity index (χ0) is 33.3. The van der Waals surface area contributed by atoms with Crippen LogP contribution < -0.4 is 25.0 Å². The van der Waals surface area contributed by atoms with Gasteiger partial charge in [0.25, 0.3) is 11.8 Å². The van der Waals surface area contributed by atoms with Crippen LogP contribution in [0.4, 0.5) is 10.5 Å². The highest BCUT2D eigenvalue weighted by Crippen LogP contribution is 2.32. The van der Waals surface area contributed by atoms with Gasteiger partial charge in [-0.1, -0.05) is 24.1 Å². The van der Waals surface area contributed by atoms with E-state index in [2.05, 4.69) is 32.4 Å². The molecule has 0 saturated carbocycles. The standard InChI is InChI=1S/C35H37N5O8/c1-39-30-20-25(10-12-35(23-45-24-35)48-34(43)37-13-5-15-40-16-18-44-19-17-40)8-9-31(30)46-22-29(33(39)42)38-32(41)28-21-27(11-14-36-28)47-26-6-3-2-4-7-26/h2-4,6-9,11,14,20-21,29H,5,13,15-19,22-24H2,1H3,(H,37,43)(H,38,41). The summed E-state index contributed by atoms with van der Waals surface area (Å²) in [5.41, 5.74) is 0.0973. The number of carbonyl (C=O) groups is 3. The predicted octanol–water partition coefficient (Wildman–Crippen LogP) is 2.60. The summed E-state index contributed by atoms with van der Waals surface area (Å²) in [6.07, 6.45) is 1.72. The van der Waals surface area contributed by atoms with Crippen LogP contribution in [0.3, 0.4) is 0 Å². The summed E-state index contributed by atoms with van der Waals surface area (Å²) < 4.78 is 28.1. The fraction of sp³-hybridized carbons (Fsp3) is 0.371. The Labute approximate surface area is 278 Å². The molecule has 13 nitrogen and oxygen atoms in total. The largest absolute Gasteiger partial charge is 0.489 e. The van der Waals surface area contributed by atoms with Crippen molar-refractivity contribution in [3.63, 3.8) is 0 Å². The summed E-state index contributed by atoms with van der Waals surface area (Å²) in [6, 6.07) is 16.5. The van der Waals surface area contributed by atoms with Crippen molar-refractivity contribution < 1.29 is 38.1 Å². The summed E-state index contributed by atoms with van der Waals surface area (Å²) in [5.74, 6) is 6.69. The van der Waals surface area contributed by atoms with Gasteiger partial charge in [0.15, 0.2) is 0 Å². The first-order chi connectivity index (χ1) is 23.4. The Balaban J connectivity index is 1.05. The number of nitrogens with zero attached hydrogens (tertiary/aromatic N) is 3. The van der Waals surface area contributed by atoms with Crippen LogP contribution in [-0.4, -0.2) is 106 Å². The highest BCUT2D eigenvalue weighted by molar-refractivity contribution is 6.03. The van der Waals surface area contributed by atoms with E-state index < -0.39 is 23.6 Å². The maximum absolute atomic E-state index is 13.4. The fourth-order valence-electron chi connectivity index (χ4n) is 5.30. The van der Waals surface area contributed by atoms with Crippen molar-refractivity contribution in [3.8, 4) is 29.1 Å². The minimum Gasteiger partial charge on any atom is -0.489 e. The summed E-state index contributed by atoms with van der Waals surface area (Å²) in [4.78, 5) is 46.9. The van der Waals surface area contributed by atoms with Gasteiger partial charge in [0.2, 0.25) is 5.60 Å². The van der Waals surface area contributed by atoms with Gasteiger partial charge in [-0.3, -0.25) is 19.5 Å². The van der Waals surface area contributed by atoms with Crippen LogP contribution in [0, 0.1) is 11.8 Å². The molecule has 3 aliphatic rings. The van der Waals surface area contributed by atoms with Gasteiger partial charge in [-0.05, 0) is 55.3 Å². The molecule has 13 heteroatoms. The lowest BCUT2D eigenvalue weighted by Gasteiger charge is -2.35. The minimum absolute atomic E-state index is 0.0804. The number of anilines is 1. The van der Waals surface area contributed by atoms with E-state index in [4.69, 9.17) is 23.7 Å². The van der Waals surface area contributed by atoms with Gasteiger partial charge in [0, 0.05) is 44.5 Å². The topological polar surface area (TPSA) is 141 Å². The summed E-state index contributed by atoms with van der Waals surface area (Å²) in [7, 11) is 1.60. The van der Waals surface area contributed by atoms with E-state index >= 15 is 0 Å². The van der Waals surface area contributed by atoms with Crippen molar-refractivity contribution in [3.05, 3.63) is 78.1 Å². The quantitative estimate of drug-likeness (QED) is 0.261. The second-order valence-corrected chi connectivity index (χ2v) is 11.6. The highest BCUT2D eigenvalue weighted by Gasteiger charge is 2.41. The van der Waals surface area contributed by atoms with Gasteiger partial charge in [-0.25, -0.2) is 4.79 Å². The van der Waals surface area contributed by atoms with E-state index in [-0.39, 0.29) is 31.4 Å². The first-order valence-corrected chi connectivity index (χ1v) is 15.8. The first-order valence-electron chi connectivity index (χ1n) is 15.8. The molecular weight excluding hydrogens is 618 g/mol. The molecule has 3 aromatic rings. The summed E-state index contributed by atoms with van der Waals surface area (Å²) in [6.45, 7) is 4.86. The Morgan fingerprint density at radius 3 is 2.62 bits per heavy atom. The number of fused-ring (bicyclic) bond motifs is 1. The van der Waals surface area contributed by atoms with Gasteiger partial charge in [-0.2, -0.15) is 0 Å². The molecule has 3 amide bonds. The molecule has 2 fully saturated rings. The zero-order valence-electron chi connectivity index (χ0n) is 26.6. The van der Waals surface area contributed by atoms with Crippen LogP contribution in [-0.2, 0) is 19.0 Å². The second-order valence-electron chi connectivity index (χ2n) is 11.6. The van der Waals surface area contributed by atoms with Gasteiger partial charge in [0.05, 0.1) is 18.9 Å². The molecule has 2 N–H and O–H groups in total. The number of amides is 3. The molecule has 48 heavy (non-hydrogen) atoms. The second kappa shape index (κ2) is 15.2. The van der Waals surface area contributed by atoms with Crippen molar-refractivity contribution in [1.82, 2.24) is 20.5 Å². The molecule has 0 radical (unpaired) electrons. The van der Waals surface area contributed by atoms with E-state index in [1.807, 2.05) is 18.2 Å². The van der Waals surface area contributed by atoms with Crippen LogP contribution in [0.15, 0.2) is 66.9 Å². The number of carbonyl (C=O) groups excluding carboxylic acids is 3. The number of pyridine rings is 1. The average molecular weight is 656 g/mol. The molecule has 1 atom stereocenters. The Hall–Kier alpha value is -5.16. The molecule has 6 rings (SSSR count). The van der Waals surface area contributed by atoms with Gasteiger partial charge < -0.3 is 39.2 Å². The number of para-hydroxylation sites is 1. The SMILES string of the molecule is CN1C(=O)C(NC(=O)c2cc(Oc3ccccc3)ccn2)COc2ccc(C#CC3(OC(=O)NCCCN4CCOCC4)COC3)cc21. The van der Waals surface area contributed by atoms with E-state index in [1.165, 1.54) is 17.2 Å². The Bertz CT molecular complexity index is 1680. The van der Waals surface area contributed by atoms with Crippen molar-refractivity contribution in [1.29, 1.82) is 0 Å². The van der Waals surface area contributed by atoms with Crippen molar-refractivity contribution in [2.24, 2.45) is 0 Å². The molecular formula is C35H37N5O8. The lowest BCUT2D eigenvalue weighted by atomic mass is 10.0. The number of hydrogen-bond donors (Lipinski definition) is 2. The number of hydrogen-bond acceptors (Lipinski definition) is 10. The first kappa shape index (κ1) is 32.8. The molecule has 0 aliphatic carbocycles. The van der Waals surface area contributed by atoms with E-state index in [0.29, 0.717) is 35.0 Å². The normalized spacial score (nSPS) is 18.5. The number of rotatable bonds is 9. The van der Waals surface area contributed by atoms with Crippen LogP contribution in [0.2, 0.25) is 0 Å². The van der Waals surface area contributed by atoms with E-state index in [1.54, 1.807) is 43.4 Å². The average Bonchev–Trinajstić information content (AvgIpc) is 3.20. The van der Waals surface area contributed by atoms with Gasteiger partial charge >= 0.3 is 6.09 Å². The van der Waals surface area contributed by atoms with E-state index in [0.717, 1.165) is 39.3 Å². The molecule has 2 aromatic carbocycles. The monoisotopic (exact) mass is 655 g/mol. The van der Waals surface area contributed by atoms with Crippen molar-refractivity contribution in [2.75, 3.05) is 71.2 Å². The number of benzene rings is 2. The fourth-order valence-corrected chi connectivity index (χ4v) is 5.30. The Morgan fingerprint density at radius 2 is 1.85 bits per heavy atom. The van der Waals surface area contributed by atoms with Crippen molar-refractivity contribution in [2.45, 2.75) is 18.1 Å². The molecule has 3 aliphatic heterocycles.